The first-order valence-electron chi connectivity index (χ1n) is 9.63. The van der Waals surface area contributed by atoms with Crippen molar-refractivity contribution in [1.82, 2.24) is 25.3 Å². The molecule has 0 radical (unpaired) electrons. The fourth-order valence-electron chi connectivity index (χ4n) is 3.50. The van der Waals surface area contributed by atoms with Gasteiger partial charge in [0.1, 0.15) is 11.5 Å². The number of carbonyl (C=O) groups is 1. The molecule has 9 heteroatoms. The molecule has 9 nitrogen and oxygen atoms in total. The van der Waals surface area contributed by atoms with Crippen molar-refractivity contribution in [1.29, 1.82) is 0 Å². The van der Waals surface area contributed by atoms with Crippen molar-refractivity contribution < 1.29 is 18.8 Å². The van der Waals surface area contributed by atoms with Crippen LogP contribution in [0.3, 0.4) is 0 Å². The SMILES string of the molecule is COc1ccc(CN2CCNC(=O)C2Cc2nc(-c3ccncc3)no2)c(OC)c1. The number of ether oxygens (including phenoxy) is 2. The maximum Gasteiger partial charge on any atom is 0.237 e. The molecule has 0 spiro atoms. The molecule has 1 unspecified atom stereocenters. The number of rotatable bonds is 7. The number of hydrogen-bond donors (Lipinski definition) is 1. The molecule has 30 heavy (non-hydrogen) atoms. The number of nitrogens with one attached hydrogen (secondary N) is 1. The Labute approximate surface area is 174 Å². The smallest absolute Gasteiger partial charge is 0.237 e. The minimum atomic E-state index is -0.420. The highest BCUT2D eigenvalue weighted by molar-refractivity contribution is 5.82. The highest BCUT2D eigenvalue weighted by Crippen LogP contribution is 2.27. The van der Waals surface area contributed by atoms with Gasteiger partial charge in [0.05, 0.1) is 26.7 Å². The summed E-state index contributed by atoms with van der Waals surface area (Å²) in [4.78, 5) is 23.2. The second-order valence-corrected chi connectivity index (χ2v) is 6.91. The summed E-state index contributed by atoms with van der Waals surface area (Å²) in [6, 6.07) is 8.88. The molecule has 1 atom stereocenters. The van der Waals surface area contributed by atoms with E-state index in [0.29, 0.717) is 37.8 Å². The van der Waals surface area contributed by atoms with Gasteiger partial charge >= 0.3 is 0 Å². The lowest BCUT2D eigenvalue weighted by atomic mass is 10.1. The molecular weight excluding hydrogens is 386 g/mol. The summed E-state index contributed by atoms with van der Waals surface area (Å²) in [6.07, 6.45) is 3.66. The van der Waals surface area contributed by atoms with Crippen LogP contribution in [0.1, 0.15) is 11.5 Å². The molecule has 0 saturated carbocycles. The molecule has 0 aliphatic carbocycles. The molecule has 1 N–H and O–H groups in total. The van der Waals surface area contributed by atoms with E-state index in [2.05, 4.69) is 25.3 Å². The molecule has 3 heterocycles. The number of nitrogens with zero attached hydrogens (tertiary/aromatic N) is 4. The van der Waals surface area contributed by atoms with Crippen LogP contribution in [0.2, 0.25) is 0 Å². The number of aromatic nitrogens is 3. The minimum absolute atomic E-state index is 0.0580. The van der Waals surface area contributed by atoms with Gasteiger partial charge in [-0.15, -0.1) is 0 Å². The first-order chi connectivity index (χ1) is 14.7. The van der Waals surface area contributed by atoms with Gasteiger partial charge in [0.15, 0.2) is 0 Å². The maximum absolute atomic E-state index is 12.6. The zero-order valence-electron chi connectivity index (χ0n) is 16.9. The summed E-state index contributed by atoms with van der Waals surface area (Å²) < 4.78 is 16.2. The summed E-state index contributed by atoms with van der Waals surface area (Å²) in [7, 11) is 3.24. The van der Waals surface area contributed by atoms with Gasteiger partial charge in [0.2, 0.25) is 17.6 Å². The van der Waals surface area contributed by atoms with Crippen LogP contribution in [-0.2, 0) is 17.8 Å². The van der Waals surface area contributed by atoms with Gasteiger partial charge in [-0.1, -0.05) is 11.2 Å². The Bertz CT molecular complexity index is 1010. The van der Waals surface area contributed by atoms with Crippen LogP contribution in [0, 0.1) is 0 Å². The van der Waals surface area contributed by atoms with E-state index in [4.69, 9.17) is 14.0 Å². The standard InChI is InChI=1S/C21H23N5O4/c1-28-16-4-3-15(18(11-16)29-2)13-26-10-9-23-21(27)17(26)12-19-24-20(25-30-19)14-5-7-22-8-6-14/h3-8,11,17H,9-10,12-13H2,1-2H3,(H,23,27). The molecule has 0 bridgehead atoms. The summed E-state index contributed by atoms with van der Waals surface area (Å²) in [5.74, 6) is 2.27. The van der Waals surface area contributed by atoms with Crippen molar-refractivity contribution in [3.63, 3.8) is 0 Å². The van der Waals surface area contributed by atoms with E-state index in [0.717, 1.165) is 22.6 Å². The molecule has 1 aliphatic heterocycles. The van der Waals surface area contributed by atoms with Gasteiger partial charge in [0.25, 0.3) is 0 Å². The second kappa shape index (κ2) is 8.91. The van der Waals surface area contributed by atoms with Gasteiger partial charge in [0, 0.05) is 49.2 Å². The quantitative estimate of drug-likeness (QED) is 0.629. The average Bonchev–Trinajstić information content (AvgIpc) is 3.25. The molecule has 2 aromatic heterocycles. The largest absolute Gasteiger partial charge is 0.497 e. The van der Waals surface area contributed by atoms with E-state index >= 15 is 0 Å². The summed E-state index contributed by atoms with van der Waals surface area (Å²) in [5.41, 5.74) is 1.79. The van der Waals surface area contributed by atoms with Crippen LogP contribution in [0.15, 0.2) is 47.2 Å². The van der Waals surface area contributed by atoms with E-state index in [-0.39, 0.29) is 5.91 Å². The van der Waals surface area contributed by atoms with Crippen molar-refractivity contribution in [2.75, 3.05) is 27.3 Å². The maximum atomic E-state index is 12.6. The van der Waals surface area contributed by atoms with Crippen molar-refractivity contribution in [2.24, 2.45) is 0 Å². The van der Waals surface area contributed by atoms with Crippen LogP contribution < -0.4 is 14.8 Å². The predicted molar refractivity (Wildman–Crippen MR) is 108 cm³/mol. The van der Waals surface area contributed by atoms with Gasteiger partial charge in [-0.25, -0.2) is 0 Å². The Hall–Kier alpha value is -3.46. The van der Waals surface area contributed by atoms with Gasteiger partial charge in [-0.3, -0.25) is 14.7 Å². The molecule has 156 valence electrons. The lowest BCUT2D eigenvalue weighted by Gasteiger charge is -2.34. The summed E-state index contributed by atoms with van der Waals surface area (Å²) in [6.45, 7) is 1.84. The third-order valence-corrected chi connectivity index (χ3v) is 5.08. The fraction of sp³-hybridized carbons (Fsp3) is 0.333. The van der Waals surface area contributed by atoms with Gasteiger partial charge < -0.3 is 19.3 Å². The van der Waals surface area contributed by atoms with E-state index in [9.17, 15) is 4.79 Å². The zero-order chi connectivity index (χ0) is 20.9. The van der Waals surface area contributed by atoms with Crippen LogP contribution >= 0.6 is 0 Å². The third-order valence-electron chi connectivity index (χ3n) is 5.08. The minimum Gasteiger partial charge on any atom is -0.497 e. The van der Waals surface area contributed by atoms with Crippen LogP contribution in [0.4, 0.5) is 0 Å². The van der Waals surface area contributed by atoms with E-state index in [1.165, 1.54) is 0 Å². The first kappa shape index (κ1) is 19.8. The molecular formula is C21H23N5O4. The fourth-order valence-corrected chi connectivity index (χ4v) is 3.50. The molecule has 1 aliphatic rings. The monoisotopic (exact) mass is 409 g/mol. The summed E-state index contributed by atoms with van der Waals surface area (Å²) >= 11 is 0. The Morgan fingerprint density at radius 3 is 2.80 bits per heavy atom. The second-order valence-electron chi connectivity index (χ2n) is 6.91. The van der Waals surface area contributed by atoms with Crippen LogP contribution in [0.5, 0.6) is 11.5 Å². The number of methoxy groups -OCH3 is 2. The van der Waals surface area contributed by atoms with Crippen molar-refractivity contribution >= 4 is 5.91 Å². The lowest BCUT2D eigenvalue weighted by molar-refractivity contribution is -0.129. The molecule has 3 aromatic rings. The highest BCUT2D eigenvalue weighted by Gasteiger charge is 2.32. The Morgan fingerprint density at radius 2 is 2.03 bits per heavy atom. The van der Waals surface area contributed by atoms with Crippen molar-refractivity contribution in [3.8, 4) is 22.9 Å². The van der Waals surface area contributed by atoms with Crippen LogP contribution in [0.25, 0.3) is 11.4 Å². The number of pyridine rings is 1. The molecule has 1 amide bonds. The molecule has 1 saturated heterocycles. The number of hydrogen-bond acceptors (Lipinski definition) is 8. The first-order valence-corrected chi connectivity index (χ1v) is 9.63. The van der Waals surface area contributed by atoms with E-state index < -0.39 is 6.04 Å². The van der Waals surface area contributed by atoms with Crippen molar-refractivity contribution in [3.05, 3.63) is 54.2 Å². The average molecular weight is 409 g/mol. The molecule has 1 fully saturated rings. The number of benzene rings is 1. The topological polar surface area (TPSA) is 103 Å². The summed E-state index contributed by atoms with van der Waals surface area (Å²) in [5, 5.41) is 6.96. The Kier molecular flexibility index (Phi) is 5.89. The number of piperazine rings is 1. The normalized spacial score (nSPS) is 16.9. The Balaban J connectivity index is 1.53. The lowest BCUT2D eigenvalue weighted by Crippen LogP contribution is -2.55. The Morgan fingerprint density at radius 1 is 1.20 bits per heavy atom. The molecule has 1 aromatic carbocycles. The molecule has 4 rings (SSSR count). The number of amides is 1. The number of carbonyl (C=O) groups excluding carboxylic acids is 1. The van der Waals surface area contributed by atoms with E-state index in [1.807, 2.05) is 30.3 Å². The third kappa shape index (κ3) is 4.25. The van der Waals surface area contributed by atoms with Gasteiger partial charge in [-0.2, -0.15) is 4.98 Å². The van der Waals surface area contributed by atoms with E-state index in [1.54, 1.807) is 26.6 Å². The van der Waals surface area contributed by atoms with Gasteiger partial charge in [-0.05, 0) is 18.2 Å². The zero-order valence-corrected chi connectivity index (χ0v) is 16.9. The predicted octanol–water partition coefficient (Wildman–Crippen LogP) is 1.69. The van der Waals surface area contributed by atoms with Crippen LogP contribution in [-0.4, -0.2) is 59.3 Å². The highest BCUT2D eigenvalue weighted by atomic mass is 16.5. The van der Waals surface area contributed by atoms with Crippen molar-refractivity contribution in [2.45, 2.75) is 19.0 Å².